The van der Waals surface area contributed by atoms with Crippen LogP contribution in [0.1, 0.15) is 16.8 Å². The number of nitrogens with zero attached hydrogens (tertiary/aromatic N) is 4. The van der Waals surface area contributed by atoms with Crippen molar-refractivity contribution in [2.75, 3.05) is 5.32 Å². The van der Waals surface area contributed by atoms with E-state index in [2.05, 4.69) is 20.4 Å². The largest absolute Gasteiger partial charge is 0.416 e. The van der Waals surface area contributed by atoms with E-state index in [4.69, 9.17) is 0 Å². The monoisotopic (exact) mass is 382 g/mol. The highest BCUT2D eigenvalue weighted by Crippen LogP contribution is 2.34. The Bertz CT molecular complexity index is 1210. The van der Waals surface area contributed by atoms with E-state index in [9.17, 15) is 18.4 Å². The molecule has 0 unspecified atom stereocenters. The minimum atomic E-state index is -4.45. The molecule has 28 heavy (non-hydrogen) atoms. The number of aryl methyl sites for hydroxylation is 1. The molecule has 0 fully saturated rings. The van der Waals surface area contributed by atoms with Crippen LogP contribution in [-0.2, 0) is 6.18 Å². The van der Waals surface area contributed by atoms with Gasteiger partial charge in [0.15, 0.2) is 11.5 Å². The Morgan fingerprint density at radius 2 is 1.93 bits per heavy atom. The lowest BCUT2D eigenvalue weighted by Gasteiger charge is -2.11. The number of hydrogen-bond donors (Lipinski definition) is 2. The number of anilines is 2. The zero-order valence-corrected chi connectivity index (χ0v) is 14.5. The summed E-state index contributed by atoms with van der Waals surface area (Å²) in [5.74, 6) is 0.383. The number of rotatable bonds is 3. The first-order valence-corrected chi connectivity index (χ1v) is 8.25. The van der Waals surface area contributed by atoms with Gasteiger partial charge in [0.2, 0.25) is 0 Å². The number of imidazole rings is 1. The highest BCUT2D eigenvalue weighted by atomic mass is 19.4. The van der Waals surface area contributed by atoms with Crippen LogP contribution in [0.15, 0.2) is 48.7 Å². The molecule has 140 valence electrons. The Kier molecular flexibility index (Phi) is 4.04. The molecule has 0 amide bonds. The summed E-state index contributed by atoms with van der Waals surface area (Å²) in [6.45, 7) is 1.83. The third-order valence-corrected chi connectivity index (χ3v) is 4.16. The van der Waals surface area contributed by atoms with E-state index in [1.165, 1.54) is 22.8 Å². The summed E-state index contributed by atoms with van der Waals surface area (Å²) in [7, 11) is 0. The predicted molar refractivity (Wildman–Crippen MR) is 97.0 cm³/mol. The van der Waals surface area contributed by atoms with Gasteiger partial charge in [-0.1, -0.05) is 12.1 Å². The number of alkyl halides is 3. The molecule has 0 atom stereocenters. The molecular weight excluding hydrogens is 369 g/mol. The topological polar surface area (TPSA) is 81.8 Å². The first kappa shape index (κ1) is 17.6. The molecule has 6 nitrogen and oxygen atoms in total. The van der Waals surface area contributed by atoms with Gasteiger partial charge in [0.1, 0.15) is 17.3 Å². The van der Waals surface area contributed by atoms with Crippen LogP contribution in [0, 0.1) is 18.3 Å². The normalized spacial score (nSPS) is 11.5. The van der Waals surface area contributed by atoms with E-state index in [0.717, 1.165) is 17.8 Å². The summed E-state index contributed by atoms with van der Waals surface area (Å²) in [5, 5.41) is 15.2. The molecule has 0 radical (unpaired) electrons. The van der Waals surface area contributed by atoms with E-state index in [0.29, 0.717) is 28.4 Å². The molecule has 3 aromatic heterocycles. The van der Waals surface area contributed by atoms with Crippen LogP contribution in [0.25, 0.3) is 17.0 Å². The lowest BCUT2D eigenvalue weighted by atomic mass is 10.2. The van der Waals surface area contributed by atoms with Gasteiger partial charge < -0.3 is 5.32 Å². The lowest BCUT2D eigenvalue weighted by molar-refractivity contribution is -0.137. The third kappa shape index (κ3) is 3.05. The number of nitrogens with one attached hydrogen (secondary N) is 2. The highest BCUT2D eigenvalue weighted by molar-refractivity contribution is 5.79. The molecule has 4 aromatic rings. The van der Waals surface area contributed by atoms with Gasteiger partial charge in [0.25, 0.3) is 0 Å². The van der Waals surface area contributed by atoms with E-state index in [-0.39, 0.29) is 5.69 Å². The minimum Gasteiger partial charge on any atom is -0.338 e. The van der Waals surface area contributed by atoms with Gasteiger partial charge in [-0.05, 0) is 37.3 Å². The van der Waals surface area contributed by atoms with E-state index < -0.39 is 11.7 Å². The van der Waals surface area contributed by atoms with Crippen LogP contribution in [0.2, 0.25) is 0 Å². The van der Waals surface area contributed by atoms with Crippen LogP contribution < -0.4 is 5.32 Å². The summed E-state index contributed by atoms with van der Waals surface area (Å²) in [5.41, 5.74) is 1.86. The van der Waals surface area contributed by atoms with Gasteiger partial charge in [0.05, 0.1) is 11.3 Å². The molecule has 3 heterocycles. The number of nitriles is 1. The quantitative estimate of drug-likeness (QED) is 0.540. The minimum absolute atomic E-state index is 0.235. The lowest BCUT2D eigenvalue weighted by Crippen LogP contribution is -2.06. The van der Waals surface area contributed by atoms with Gasteiger partial charge in [0, 0.05) is 17.6 Å². The van der Waals surface area contributed by atoms with Crippen molar-refractivity contribution in [2.45, 2.75) is 13.1 Å². The smallest absolute Gasteiger partial charge is 0.338 e. The van der Waals surface area contributed by atoms with Crippen LogP contribution in [-0.4, -0.2) is 19.6 Å². The van der Waals surface area contributed by atoms with Gasteiger partial charge in [-0.15, -0.1) is 0 Å². The zero-order chi connectivity index (χ0) is 19.9. The second-order valence-corrected chi connectivity index (χ2v) is 6.13. The number of fused-ring (bicyclic) bond motifs is 1. The third-order valence-electron chi connectivity index (χ3n) is 4.16. The van der Waals surface area contributed by atoms with Gasteiger partial charge >= 0.3 is 6.18 Å². The van der Waals surface area contributed by atoms with Crippen LogP contribution in [0.3, 0.4) is 0 Å². The van der Waals surface area contributed by atoms with Crippen LogP contribution >= 0.6 is 0 Å². The summed E-state index contributed by atoms with van der Waals surface area (Å²) in [6, 6.07) is 12.3. The van der Waals surface area contributed by atoms with Crippen molar-refractivity contribution in [3.63, 3.8) is 0 Å². The van der Waals surface area contributed by atoms with Gasteiger partial charge in [-0.2, -0.15) is 18.4 Å². The zero-order valence-electron chi connectivity index (χ0n) is 14.5. The number of H-pyrrole nitrogens is 1. The number of halogens is 3. The van der Waals surface area contributed by atoms with Crippen molar-refractivity contribution in [3.05, 3.63) is 65.5 Å². The van der Waals surface area contributed by atoms with Crippen molar-refractivity contribution in [3.8, 4) is 17.5 Å². The second kappa shape index (κ2) is 6.42. The molecule has 2 N–H and O–H groups in total. The van der Waals surface area contributed by atoms with E-state index in [1.54, 1.807) is 6.07 Å². The average molecular weight is 382 g/mol. The Labute approximate surface area is 157 Å². The molecule has 0 bridgehead atoms. The molecule has 9 heteroatoms. The van der Waals surface area contributed by atoms with Crippen molar-refractivity contribution in [2.24, 2.45) is 0 Å². The average Bonchev–Trinajstić information content (AvgIpc) is 3.21. The Morgan fingerprint density at radius 3 is 2.64 bits per heavy atom. The number of aromatic amines is 1. The number of benzene rings is 1. The molecule has 0 spiro atoms. The Morgan fingerprint density at radius 1 is 1.14 bits per heavy atom. The first-order valence-electron chi connectivity index (χ1n) is 8.25. The summed E-state index contributed by atoms with van der Waals surface area (Å²) < 4.78 is 40.6. The molecule has 0 aliphatic carbocycles. The Balaban J connectivity index is 1.87. The predicted octanol–water partition coefficient (Wildman–Crippen LogP) is 4.67. The number of pyridine rings is 1. The Hall–Kier alpha value is -3.80. The van der Waals surface area contributed by atoms with E-state index >= 15 is 0 Å². The summed E-state index contributed by atoms with van der Waals surface area (Å²) in [6.07, 6.45) is -2.97. The maximum atomic E-state index is 13.0. The molecule has 4 rings (SSSR count). The van der Waals surface area contributed by atoms with Crippen molar-refractivity contribution in [1.82, 2.24) is 19.6 Å². The summed E-state index contributed by atoms with van der Waals surface area (Å²) >= 11 is 0. The first-order chi connectivity index (χ1) is 13.4. The van der Waals surface area contributed by atoms with Crippen molar-refractivity contribution >= 4 is 17.2 Å². The second-order valence-electron chi connectivity index (χ2n) is 6.13. The molecule has 1 aromatic carbocycles. The van der Waals surface area contributed by atoms with Crippen LogP contribution in [0.4, 0.5) is 24.7 Å². The standard InChI is InChI=1S/C19H13F3N6/c1-11-4-2-7-15(25-11)16-18(28-17(27-16)12(9-23)10-24-28)26-14-6-3-5-13(8-14)19(20,21)22/h2-8,10,24,26H,1H3. The fourth-order valence-electron chi connectivity index (χ4n) is 2.88. The fourth-order valence-corrected chi connectivity index (χ4v) is 2.88. The maximum Gasteiger partial charge on any atom is 0.416 e. The molecular formula is C19H13F3N6. The summed E-state index contributed by atoms with van der Waals surface area (Å²) in [4.78, 5) is 8.92. The molecule has 0 aliphatic heterocycles. The van der Waals surface area contributed by atoms with Gasteiger partial charge in [-0.3, -0.25) is 10.1 Å². The fraction of sp³-hybridized carbons (Fsp3) is 0.105. The van der Waals surface area contributed by atoms with Crippen LogP contribution in [0.5, 0.6) is 0 Å². The van der Waals surface area contributed by atoms with Gasteiger partial charge in [-0.25, -0.2) is 9.50 Å². The highest BCUT2D eigenvalue weighted by Gasteiger charge is 2.30. The molecule has 0 saturated heterocycles. The SMILES string of the molecule is Cc1cccc(-c2nc3c(C#N)c[nH]n3c2Nc2cccc(C(F)(F)F)c2)n1. The van der Waals surface area contributed by atoms with Crippen molar-refractivity contribution in [1.29, 1.82) is 5.26 Å². The maximum absolute atomic E-state index is 13.0. The molecule has 0 aliphatic rings. The van der Waals surface area contributed by atoms with Crippen molar-refractivity contribution < 1.29 is 13.2 Å². The number of aromatic nitrogens is 4. The number of hydrogen-bond acceptors (Lipinski definition) is 4. The van der Waals surface area contributed by atoms with E-state index in [1.807, 2.05) is 25.1 Å². The molecule has 0 saturated carbocycles.